The molecule has 1 aliphatic rings. The summed E-state index contributed by atoms with van der Waals surface area (Å²) in [6.07, 6.45) is 6.00. The highest BCUT2D eigenvalue weighted by molar-refractivity contribution is 7.92. The summed E-state index contributed by atoms with van der Waals surface area (Å²) in [4.78, 5) is 0. The van der Waals surface area contributed by atoms with Crippen LogP contribution in [0, 0.1) is 0 Å². The lowest BCUT2D eigenvalue weighted by atomic mass is 10.0. The van der Waals surface area contributed by atoms with E-state index >= 15 is 0 Å². The minimum atomic E-state index is -2.73. The van der Waals surface area contributed by atoms with Gasteiger partial charge in [-0.3, -0.25) is 0 Å². The van der Waals surface area contributed by atoms with Crippen molar-refractivity contribution < 1.29 is 8.42 Å². The molecule has 2 nitrogen and oxygen atoms in total. The Hall–Kier alpha value is -0.0500. The van der Waals surface area contributed by atoms with E-state index in [0.29, 0.717) is 5.75 Å². The van der Waals surface area contributed by atoms with Crippen molar-refractivity contribution >= 4 is 9.84 Å². The first kappa shape index (κ1) is 10.0. The van der Waals surface area contributed by atoms with E-state index in [4.69, 9.17) is 0 Å². The minimum absolute atomic E-state index is 0.00815. The van der Waals surface area contributed by atoms with Crippen molar-refractivity contribution in [3.63, 3.8) is 0 Å². The summed E-state index contributed by atoms with van der Waals surface area (Å²) in [6, 6.07) is 0. The molecule has 0 heterocycles. The average Bonchev–Trinajstić information content (AvgIpc) is 2.06. The lowest BCUT2D eigenvalue weighted by Crippen LogP contribution is -2.26. The Labute approximate surface area is 75.3 Å². The quantitative estimate of drug-likeness (QED) is 0.683. The maximum absolute atomic E-state index is 11.6. The van der Waals surface area contributed by atoms with Crippen LogP contribution in [0.2, 0.25) is 0 Å². The molecular formula is C9H18O2S. The van der Waals surface area contributed by atoms with E-state index in [9.17, 15) is 8.42 Å². The second-order valence-corrected chi connectivity index (χ2v) is 6.03. The standard InChI is InChI=1S/C9H18O2S/c1-2-8-12(10,11)9-6-4-3-5-7-9/h9H,2-8H2,1H3. The van der Waals surface area contributed by atoms with Crippen LogP contribution in [0.4, 0.5) is 0 Å². The molecule has 0 aromatic heterocycles. The van der Waals surface area contributed by atoms with Gasteiger partial charge in [0.05, 0.1) is 11.0 Å². The van der Waals surface area contributed by atoms with Crippen molar-refractivity contribution in [2.75, 3.05) is 5.75 Å². The molecule has 1 fully saturated rings. The molecule has 0 aromatic carbocycles. The van der Waals surface area contributed by atoms with Gasteiger partial charge in [0.15, 0.2) is 9.84 Å². The highest BCUT2D eigenvalue weighted by Gasteiger charge is 2.25. The molecule has 0 aliphatic heterocycles. The largest absolute Gasteiger partial charge is 0.229 e. The second-order valence-electron chi connectivity index (χ2n) is 3.63. The van der Waals surface area contributed by atoms with Crippen LogP contribution in [0.3, 0.4) is 0 Å². The molecule has 0 unspecified atom stereocenters. The van der Waals surface area contributed by atoms with Gasteiger partial charge in [0.1, 0.15) is 0 Å². The van der Waals surface area contributed by atoms with Crippen LogP contribution in [0.5, 0.6) is 0 Å². The molecule has 0 saturated heterocycles. The number of hydrogen-bond donors (Lipinski definition) is 0. The molecular weight excluding hydrogens is 172 g/mol. The summed E-state index contributed by atoms with van der Waals surface area (Å²) >= 11 is 0. The minimum Gasteiger partial charge on any atom is -0.229 e. The monoisotopic (exact) mass is 190 g/mol. The molecule has 0 aromatic rings. The van der Waals surface area contributed by atoms with E-state index in [1.807, 2.05) is 6.92 Å². The predicted octanol–water partition coefficient (Wildman–Crippen LogP) is 2.14. The van der Waals surface area contributed by atoms with Crippen molar-refractivity contribution in [2.45, 2.75) is 50.7 Å². The van der Waals surface area contributed by atoms with Crippen LogP contribution >= 0.6 is 0 Å². The normalized spacial score (nSPS) is 21.1. The van der Waals surface area contributed by atoms with Gasteiger partial charge < -0.3 is 0 Å². The summed E-state index contributed by atoms with van der Waals surface area (Å²) in [7, 11) is -2.73. The number of rotatable bonds is 3. The van der Waals surface area contributed by atoms with Crippen LogP contribution in [0.1, 0.15) is 45.4 Å². The van der Waals surface area contributed by atoms with Crippen molar-refractivity contribution in [3.05, 3.63) is 0 Å². The summed E-state index contributed by atoms with van der Waals surface area (Å²) < 4.78 is 23.2. The van der Waals surface area contributed by atoms with E-state index < -0.39 is 9.84 Å². The van der Waals surface area contributed by atoms with Crippen LogP contribution in [-0.2, 0) is 9.84 Å². The zero-order chi connectivity index (χ0) is 9.03. The fraction of sp³-hybridized carbons (Fsp3) is 1.00. The molecule has 3 heteroatoms. The van der Waals surface area contributed by atoms with Crippen molar-refractivity contribution in [3.8, 4) is 0 Å². The molecule has 0 amide bonds. The summed E-state index contributed by atoms with van der Waals surface area (Å²) in [6.45, 7) is 1.93. The molecule has 0 spiro atoms. The maximum Gasteiger partial charge on any atom is 0.153 e. The first-order valence-electron chi connectivity index (χ1n) is 4.88. The Morgan fingerprint density at radius 2 is 1.75 bits per heavy atom. The van der Waals surface area contributed by atoms with Crippen LogP contribution in [0.15, 0.2) is 0 Å². The highest BCUT2D eigenvalue weighted by Crippen LogP contribution is 2.24. The van der Waals surface area contributed by atoms with Gasteiger partial charge in [0, 0.05) is 0 Å². The van der Waals surface area contributed by atoms with Gasteiger partial charge in [-0.25, -0.2) is 8.42 Å². The van der Waals surface area contributed by atoms with E-state index in [2.05, 4.69) is 0 Å². The second kappa shape index (κ2) is 4.26. The lowest BCUT2D eigenvalue weighted by molar-refractivity contribution is 0.483. The van der Waals surface area contributed by atoms with Crippen molar-refractivity contribution in [1.29, 1.82) is 0 Å². The summed E-state index contributed by atoms with van der Waals surface area (Å²) in [5.74, 6) is 0.387. The third kappa shape index (κ3) is 2.47. The maximum atomic E-state index is 11.6. The van der Waals surface area contributed by atoms with Crippen molar-refractivity contribution in [2.24, 2.45) is 0 Å². The van der Waals surface area contributed by atoms with Crippen LogP contribution in [-0.4, -0.2) is 19.4 Å². The van der Waals surface area contributed by atoms with Gasteiger partial charge in [0.2, 0.25) is 0 Å². The third-order valence-corrected chi connectivity index (χ3v) is 5.01. The van der Waals surface area contributed by atoms with Gasteiger partial charge in [0.25, 0.3) is 0 Å². The van der Waals surface area contributed by atoms with E-state index in [0.717, 1.165) is 32.1 Å². The first-order valence-corrected chi connectivity index (χ1v) is 6.60. The zero-order valence-electron chi connectivity index (χ0n) is 7.75. The van der Waals surface area contributed by atoms with E-state index in [-0.39, 0.29) is 5.25 Å². The topological polar surface area (TPSA) is 34.1 Å². The van der Waals surface area contributed by atoms with Gasteiger partial charge >= 0.3 is 0 Å². The Kier molecular flexibility index (Phi) is 3.56. The molecule has 0 atom stereocenters. The lowest BCUT2D eigenvalue weighted by Gasteiger charge is -2.21. The van der Waals surface area contributed by atoms with E-state index in [1.165, 1.54) is 6.42 Å². The molecule has 1 saturated carbocycles. The number of hydrogen-bond acceptors (Lipinski definition) is 2. The van der Waals surface area contributed by atoms with Gasteiger partial charge in [-0.2, -0.15) is 0 Å². The number of sulfone groups is 1. The predicted molar refractivity (Wildman–Crippen MR) is 51.0 cm³/mol. The molecule has 12 heavy (non-hydrogen) atoms. The molecule has 0 bridgehead atoms. The van der Waals surface area contributed by atoms with Crippen LogP contribution in [0.25, 0.3) is 0 Å². The van der Waals surface area contributed by atoms with Crippen molar-refractivity contribution in [1.82, 2.24) is 0 Å². The molecule has 1 rings (SSSR count). The Bertz CT molecular complexity index is 213. The first-order chi connectivity index (χ1) is 5.67. The zero-order valence-corrected chi connectivity index (χ0v) is 8.57. The fourth-order valence-electron chi connectivity index (χ4n) is 1.88. The Morgan fingerprint density at radius 3 is 2.25 bits per heavy atom. The molecule has 0 N–H and O–H groups in total. The average molecular weight is 190 g/mol. The third-order valence-electron chi connectivity index (χ3n) is 2.55. The smallest absolute Gasteiger partial charge is 0.153 e. The van der Waals surface area contributed by atoms with Gasteiger partial charge in [-0.05, 0) is 19.3 Å². The van der Waals surface area contributed by atoms with Crippen LogP contribution < -0.4 is 0 Å². The molecule has 0 radical (unpaired) electrons. The SMILES string of the molecule is CCCS(=O)(=O)C1CCCCC1. The summed E-state index contributed by atoms with van der Waals surface area (Å²) in [5.41, 5.74) is 0. The van der Waals surface area contributed by atoms with E-state index in [1.54, 1.807) is 0 Å². The fourth-order valence-corrected chi connectivity index (χ4v) is 3.83. The Balaban J connectivity index is 2.54. The molecule has 1 aliphatic carbocycles. The molecule has 72 valence electrons. The highest BCUT2D eigenvalue weighted by atomic mass is 32.2. The Morgan fingerprint density at radius 1 is 1.17 bits per heavy atom. The van der Waals surface area contributed by atoms with Gasteiger partial charge in [-0.1, -0.05) is 26.2 Å². The van der Waals surface area contributed by atoms with Gasteiger partial charge in [-0.15, -0.1) is 0 Å². The summed E-state index contributed by atoms with van der Waals surface area (Å²) in [5, 5.41) is -0.00815.